The number of hydrogen-bond donors (Lipinski definition) is 2. The van der Waals surface area contributed by atoms with Gasteiger partial charge in [-0.1, -0.05) is 25.0 Å². The van der Waals surface area contributed by atoms with E-state index in [1.807, 2.05) is 19.1 Å². The van der Waals surface area contributed by atoms with Crippen LogP contribution in [0.15, 0.2) is 18.2 Å². The van der Waals surface area contributed by atoms with Crippen molar-refractivity contribution in [2.45, 2.75) is 33.1 Å². The number of aromatic carboxylic acids is 1. The van der Waals surface area contributed by atoms with Crippen LogP contribution in [0.4, 0.5) is 5.69 Å². The van der Waals surface area contributed by atoms with E-state index in [0.717, 1.165) is 38.0 Å². The van der Waals surface area contributed by atoms with Gasteiger partial charge in [0, 0.05) is 25.4 Å². The minimum atomic E-state index is -0.898. The number of benzene rings is 1. The van der Waals surface area contributed by atoms with Gasteiger partial charge >= 0.3 is 5.97 Å². The van der Waals surface area contributed by atoms with E-state index in [1.165, 1.54) is 0 Å². The average Bonchev–Trinajstić information content (AvgIpc) is 2.39. The highest BCUT2D eigenvalue weighted by atomic mass is 16.5. The highest BCUT2D eigenvalue weighted by molar-refractivity contribution is 5.94. The molecule has 0 amide bonds. The van der Waals surface area contributed by atoms with Crippen LogP contribution in [0, 0.1) is 6.92 Å². The van der Waals surface area contributed by atoms with E-state index in [2.05, 4.69) is 12.2 Å². The van der Waals surface area contributed by atoms with E-state index < -0.39 is 5.97 Å². The Bertz CT molecular complexity index is 404. The van der Waals surface area contributed by atoms with E-state index in [-0.39, 0.29) is 0 Å². The molecule has 1 rings (SSSR count). The maximum absolute atomic E-state index is 11.1. The van der Waals surface area contributed by atoms with Crippen molar-refractivity contribution < 1.29 is 14.6 Å². The lowest BCUT2D eigenvalue weighted by molar-refractivity contribution is 0.0698. The van der Waals surface area contributed by atoms with Gasteiger partial charge in [-0.3, -0.25) is 0 Å². The van der Waals surface area contributed by atoms with Crippen LogP contribution in [0.25, 0.3) is 0 Å². The topological polar surface area (TPSA) is 58.6 Å². The minimum Gasteiger partial charge on any atom is -0.478 e. The molecule has 0 atom stereocenters. The third-order valence-electron chi connectivity index (χ3n) is 2.83. The van der Waals surface area contributed by atoms with Gasteiger partial charge in [-0.15, -0.1) is 0 Å². The van der Waals surface area contributed by atoms with E-state index in [9.17, 15) is 4.79 Å². The van der Waals surface area contributed by atoms with E-state index in [1.54, 1.807) is 6.07 Å². The summed E-state index contributed by atoms with van der Waals surface area (Å²) in [5, 5.41) is 12.3. The molecule has 0 unspecified atom stereocenters. The number of hydrogen-bond acceptors (Lipinski definition) is 3. The van der Waals surface area contributed by atoms with Crippen LogP contribution in [-0.4, -0.2) is 30.8 Å². The van der Waals surface area contributed by atoms with Crippen molar-refractivity contribution in [1.82, 2.24) is 0 Å². The van der Waals surface area contributed by atoms with Gasteiger partial charge < -0.3 is 15.2 Å². The molecule has 4 nitrogen and oxygen atoms in total. The van der Waals surface area contributed by atoms with Crippen molar-refractivity contribution in [3.8, 4) is 0 Å². The molecule has 0 aliphatic heterocycles. The SMILES string of the molecule is CCCCOCCCNc1ccc(C)cc1C(=O)O. The number of rotatable bonds is 9. The zero-order valence-electron chi connectivity index (χ0n) is 11.7. The lowest BCUT2D eigenvalue weighted by atomic mass is 10.1. The second-order valence-electron chi connectivity index (χ2n) is 4.60. The van der Waals surface area contributed by atoms with Gasteiger partial charge in [-0.25, -0.2) is 4.79 Å². The van der Waals surface area contributed by atoms with Crippen molar-refractivity contribution in [2.75, 3.05) is 25.1 Å². The molecule has 0 aliphatic rings. The van der Waals surface area contributed by atoms with Crippen LogP contribution >= 0.6 is 0 Å². The summed E-state index contributed by atoms with van der Waals surface area (Å²) in [5.41, 5.74) is 1.95. The fraction of sp³-hybridized carbons (Fsp3) is 0.533. The molecule has 0 radical (unpaired) electrons. The number of unbranched alkanes of at least 4 members (excludes halogenated alkanes) is 1. The first-order chi connectivity index (χ1) is 9.15. The molecule has 2 N–H and O–H groups in total. The molecule has 1 aromatic rings. The number of carboxylic acids is 1. The van der Waals surface area contributed by atoms with E-state index in [4.69, 9.17) is 9.84 Å². The smallest absolute Gasteiger partial charge is 0.337 e. The number of carbonyl (C=O) groups is 1. The summed E-state index contributed by atoms with van der Waals surface area (Å²) in [6.45, 7) is 6.26. The van der Waals surface area contributed by atoms with Crippen LogP contribution in [0.1, 0.15) is 42.1 Å². The molecule has 1 aromatic carbocycles. The summed E-state index contributed by atoms with van der Waals surface area (Å²) in [5.74, 6) is -0.898. The summed E-state index contributed by atoms with van der Waals surface area (Å²) < 4.78 is 5.45. The zero-order valence-corrected chi connectivity index (χ0v) is 11.7. The first kappa shape index (κ1) is 15.5. The average molecular weight is 265 g/mol. The Balaban J connectivity index is 2.35. The Morgan fingerprint density at radius 1 is 1.32 bits per heavy atom. The molecule has 0 aromatic heterocycles. The Morgan fingerprint density at radius 2 is 2.05 bits per heavy atom. The zero-order chi connectivity index (χ0) is 14.1. The predicted molar refractivity (Wildman–Crippen MR) is 77.0 cm³/mol. The third kappa shape index (κ3) is 5.75. The van der Waals surface area contributed by atoms with Crippen LogP contribution in [0.5, 0.6) is 0 Å². The van der Waals surface area contributed by atoms with Crippen molar-refractivity contribution in [1.29, 1.82) is 0 Å². The number of ether oxygens (including phenoxy) is 1. The summed E-state index contributed by atoms with van der Waals surface area (Å²) in [4.78, 5) is 11.1. The first-order valence-corrected chi connectivity index (χ1v) is 6.80. The Morgan fingerprint density at radius 3 is 2.74 bits per heavy atom. The predicted octanol–water partition coefficient (Wildman–Crippen LogP) is 3.31. The lowest BCUT2D eigenvalue weighted by Crippen LogP contribution is -2.10. The van der Waals surface area contributed by atoms with Gasteiger partial charge in [0.25, 0.3) is 0 Å². The van der Waals surface area contributed by atoms with E-state index in [0.29, 0.717) is 17.9 Å². The van der Waals surface area contributed by atoms with Crippen LogP contribution in [-0.2, 0) is 4.74 Å². The van der Waals surface area contributed by atoms with Gasteiger partial charge in [0.05, 0.1) is 5.56 Å². The highest BCUT2D eigenvalue weighted by Crippen LogP contribution is 2.17. The number of anilines is 1. The number of carboxylic acid groups (broad SMARTS) is 1. The minimum absolute atomic E-state index is 0.326. The molecule has 0 saturated carbocycles. The van der Waals surface area contributed by atoms with E-state index >= 15 is 0 Å². The van der Waals surface area contributed by atoms with Crippen LogP contribution < -0.4 is 5.32 Å². The summed E-state index contributed by atoms with van der Waals surface area (Å²) >= 11 is 0. The van der Waals surface area contributed by atoms with Crippen LogP contribution in [0.3, 0.4) is 0 Å². The molecular formula is C15H23NO3. The van der Waals surface area contributed by atoms with Crippen molar-refractivity contribution >= 4 is 11.7 Å². The monoisotopic (exact) mass is 265 g/mol. The second-order valence-corrected chi connectivity index (χ2v) is 4.60. The maximum Gasteiger partial charge on any atom is 0.337 e. The molecule has 0 spiro atoms. The molecule has 0 saturated heterocycles. The fourth-order valence-corrected chi connectivity index (χ4v) is 1.73. The lowest BCUT2D eigenvalue weighted by Gasteiger charge is -2.10. The Labute approximate surface area is 114 Å². The van der Waals surface area contributed by atoms with Crippen LogP contribution in [0.2, 0.25) is 0 Å². The summed E-state index contributed by atoms with van der Waals surface area (Å²) in [6.07, 6.45) is 3.11. The molecule has 106 valence electrons. The quantitative estimate of drug-likeness (QED) is 0.672. The molecule has 0 fully saturated rings. The third-order valence-corrected chi connectivity index (χ3v) is 2.83. The van der Waals surface area contributed by atoms with Crippen molar-refractivity contribution in [3.63, 3.8) is 0 Å². The maximum atomic E-state index is 11.1. The first-order valence-electron chi connectivity index (χ1n) is 6.80. The second kappa shape index (κ2) is 8.53. The molecule has 4 heteroatoms. The molecule has 0 aliphatic carbocycles. The van der Waals surface area contributed by atoms with Crippen molar-refractivity contribution in [3.05, 3.63) is 29.3 Å². The number of nitrogens with one attached hydrogen (secondary N) is 1. The summed E-state index contributed by atoms with van der Waals surface area (Å²) in [7, 11) is 0. The van der Waals surface area contributed by atoms with Crippen molar-refractivity contribution in [2.24, 2.45) is 0 Å². The summed E-state index contributed by atoms with van der Waals surface area (Å²) in [6, 6.07) is 5.41. The van der Waals surface area contributed by atoms with Gasteiger partial charge in [-0.2, -0.15) is 0 Å². The highest BCUT2D eigenvalue weighted by Gasteiger charge is 2.09. The molecule has 19 heavy (non-hydrogen) atoms. The molecule has 0 bridgehead atoms. The van der Waals surface area contributed by atoms with Gasteiger partial charge in [0.15, 0.2) is 0 Å². The molecular weight excluding hydrogens is 242 g/mol. The number of aryl methyl sites for hydroxylation is 1. The Hall–Kier alpha value is -1.55. The van der Waals surface area contributed by atoms with Gasteiger partial charge in [0.2, 0.25) is 0 Å². The molecule has 0 heterocycles. The standard InChI is InChI=1S/C15H23NO3/c1-3-4-9-19-10-5-8-16-14-7-6-12(2)11-13(14)15(17)18/h6-7,11,16H,3-5,8-10H2,1-2H3,(H,17,18). The normalized spacial score (nSPS) is 10.4. The largest absolute Gasteiger partial charge is 0.478 e. The van der Waals surface area contributed by atoms with Gasteiger partial charge in [0.1, 0.15) is 0 Å². The fourth-order valence-electron chi connectivity index (χ4n) is 1.73. The van der Waals surface area contributed by atoms with Gasteiger partial charge in [-0.05, 0) is 31.9 Å². The Kier molecular flexibility index (Phi) is 6.97.